The smallest absolute Gasteiger partial charge is 0.326 e. The fourth-order valence-corrected chi connectivity index (χ4v) is 2.93. The minimum absolute atomic E-state index is 0.208. The minimum Gasteiger partial charge on any atom is -0.493 e. The highest BCUT2D eigenvalue weighted by atomic mass is 16.3. The normalized spacial score (nSPS) is 14.9. The second kappa shape index (κ2) is 6.85. The van der Waals surface area contributed by atoms with Crippen molar-refractivity contribution in [3.8, 4) is 11.9 Å². The molecule has 0 saturated heterocycles. The van der Waals surface area contributed by atoms with Gasteiger partial charge >= 0.3 is 5.69 Å². The number of imidazole rings is 1. The van der Waals surface area contributed by atoms with Crippen LogP contribution in [0.15, 0.2) is 40.2 Å². The fraction of sp³-hybridized carbons (Fsp3) is 0.158. The van der Waals surface area contributed by atoms with Crippen molar-refractivity contribution in [1.29, 1.82) is 5.26 Å². The summed E-state index contributed by atoms with van der Waals surface area (Å²) in [7, 11) is 0. The van der Waals surface area contributed by atoms with Crippen LogP contribution in [-0.2, 0) is 0 Å². The van der Waals surface area contributed by atoms with E-state index in [4.69, 9.17) is 5.26 Å². The standard InChI is InChI=1S/C19H15N9O2/c20-8-10-2-1-3-13(6-10)22-17-25-15-11(7-14-16(29)26-19(30)24-14)9-21-28(15)18(27-17)23-12-4-5-12/h1-3,6-7,9,12,29H,4-5H2,(H,22,23,27)(H2,24,26,30). The predicted octanol–water partition coefficient (Wildman–Crippen LogP) is 0.0724. The van der Waals surface area contributed by atoms with Gasteiger partial charge in [-0.25, -0.2) is 9.79 Å². The van der Waals surface area contributed by atoms with Crippen molar-refractivity contribution in [1.82, 2.24) is 29.5 Å². The summed E-state index contributed by atoms with van der Waals surface area (Å²) < 4.78 is 1.52. The summed E-state index contributed by atoms with van der Waals surface area (Å²) in [6.45, 7) is 0. The van der Waals surface area contributed by atoms with Crippen LogP contribution in [0.4, 0.5) is 11.6 Å². The Morgan fingerprint density at radius 3 is 2.93 bits per heavy atom. The average Bonchev–Trinajstić information content (AvgIpc) is 3.37. The lowest BCUT2D eigenvalue weighted by Gasteiger charge is -2.05. The Labute approximate surface area is 168 Å². The van der Waals surface area contributed by atoms with E-state index in [1.807, 2.05) is 0 Å². The van der Waals surface area contributed by atoms with Crippen molar-refractivity contribution in [3.05, 3.63) is 63.0 Å². The summed E-state index contributed by atoms with van der Waals surface area (Å²) in [6, 6.07) is 9.26. The van der Waals surface area contributed by atoms with Gasteiger partial charge in [0.1, 0.15) is 5.69 Å². The number of fused-ring (bicyclic) bond motifs is 1. The molecular weight excluding hydrogens is 386 g/mol. The lowest BCUT2D eigenvalue weighted by atomic mass is 10.2. The van der Waals surface area contributed by atoms with Crippen molar-refractivity contribution in [2.24, 2.45) is 4.99 Å². The van der Waals surface area contributed by atoms with Gasteiger partial charge < -0.3 is 15.4 Å². The van der Waals surface area contributed by atoms with E-state index >= 15 is 0 Å². The van der Waals surface area contributed by atoms with E-state index in [1.165, 1.54) is 4.52 Å². The number of nitrogens with one attached hydrogen (secondary N) is 3. The summed E-state index contributed by atoms with van der Waals surface area (Å²) in [5.74, 6) is 0.0156. The Hall–Kier alpha value is -4.46. The first kappa shape index (κ1) is 17.6. The molecule has 0 bridgehead atoms. The SMILES string of the molecule is N#Cc1cccc(Nc2nc(=NC3CC3)n3ncc(=Cc4[nH]c(=O)[nH]c4O)c3n2)c1. The number of H-pyrrole nitrogens is 2. The third-order valence-electron chi connectivity index (χ3n) is 4.51. The zero-order chi connectivity index (χ0) is 20.7. The second-order valence-electron chi connectivity index (χ2n) is 6.85. The summed E-state index contributed by atoms with van der Waals surface area (Å²) in [5, 5.41) is 26.9. The van der Waals surface area contributed by atoms with Gasteiger partial charge in [0.15, 0.2) is 5.65 Å². The molecule has 0 atom stereocenters. The van der Waals surface area contributed by atoms with Gasteiger partial charge in [-0.1, -0.05) is 6.07 Å². The number of aromatic nitrogens is 6. The van der Waals surface area contributed by atoms with E-state index in [9.17, 15) is 9.90 Å². The molecule has 3 heterocycles. The molecule has 0 aliphatic heterocycles. The van der Waals surface area contributed by atoms with Crippen LogP contribution in [0.2, 0.25) is 0 Å². The molecule has 5 rings (SSSR count). The molecule has 0 unspecified atom stereocenters. The molecule has 3 aromatic heterocycles. The lowest BCUT2D eigenvalue weighted by Crippen LogP contribution is -2.24. The van der Waals surface area contributed by atoms with Gasteiger partial charge in [0.25, 0.3) is 5.62 Å². The van der Waals surface area contributed by atoms with Crippen LogP contribution in [0.5, 0.6) is 5.88 Å². The van der Waals surface area contributed by atoms with Gasteiger partial charge in [-0.3, -0.25) is 4.98 Å². The summed E-state index contributed by atoms with van der Waals surface area (Å²) in [5.41, 5.74) is 1.71. The molecule has 1 aromatic carbocycles. The van der Waals surface area contributed by atoms with Gasteiger partial charge in [-0.15, -0.1) is 0 Å². The molecule has 1 aliphatic carbocycles. The van der Waals surface area contributed by atoms with Gasteiger partial charge in [-0.05, 0) is 37.1 Å². The van der Waals surface area contributed by atoms with Crippen molar-refractivity contribution in [2.75, 3.05) is 5.32 Å². The highest BCUT2D eigenvalue weighted by Gasteiger charge is 2.21. The highest BCUT2D eigenvalue weighted by Crippen LogP contribution is 2.22. The molecule has 11 nitrogen and oxygen atoms in total. The Balaban J connectivity index is 1.67. The molecule has 0 radical (unpaired) electrons. The molecule has 4 aromatic rings. The molecule has 1 fully saturated rings. The third-order valence-corrected chi connectivity index (χ3v) is 4.51. The average molecular weight is 401 g/mol. The number of nitrogens with zero attached hydrogens (tertiary/aromatic N) is 6. The van der Waals surface area contributed by atoms with E-state index in [2.05, 4.69) is 41.4 Å². The molecule has 4 N–H and O–H groups in total. The summed E-state index contributed by atoms with van der Waals surface area (Å²) >= 11 is 0. The third kappa shape index (κ3) is 3.37. The summed E-state index contributed by atoms with van der Waals surface area (Å²) in [4.78, 5) is 29.8. The van der Waals surface area contributed by atoms with Gasteiger partial charge in [0.05, 0.1) is 23.9 Å². The van der Waals surface area contributed by atoms with Crippen LogP contribution in [0.25, 0.3) is 11.7 Å². The van der Waals surface area contributed by atoms with Crippen molar-refractivity contribution in [2.45, 2.75) is 18.9 Å². The quantitative estimate of drug-likeness (QED) is 0.376. The first-order valence-electron chi connectivity index (χ1n) is 9.19. The first-order valence-corrected chi connectivity index (χ1v) is 9.19. The van der Waals surface area contributed by atoms with E-state index in [1.54, 1.807) is 36.5 Å². The van der Waals surface area contributed by atoms with Gasteiger partial charge in [0.2, 0.25) is 11.8 Å². The van der Waals surface area contributed by atoms with Gasteiger partial charge in [0, 0.05) is 10.9 Å². The van der Waals surface area contributed by atoms with E-state index in [-0.39, 0.29) is 17.6 Å². The Bertz CT molecular complexity index is 1480. The maximum atomic E-state index is 11.4. The number of benzene rings is 1. The van der Waals surface area contributed by atoms with Crippen LogP contribution in [-0.4, -0.2) is 40.7 Å². The van der Waals surface area contributed by atoms with Crippen molar-refractivity contribution >= 4 is 23.4 Å². The molecule has 148 valence electrons. The number of hydrogen-bond acceptors (Lipinski definition) is 8. The van der Waals surface area contributed by atoms with E-state index in [0.717, 1.165) is 12.8 Å². The predicted molar refractivity (Wildman–Crippen MR) is 106 cm³/mol. The zero-order valence-electron chi connectivity index (χ0n) is 15.5. The highest BCUT2D eigenvalue weighted by molar-refractivity contribution is 5.60. The Kier molecular flexibility index (Phi) is 4.03. The number of nitriles is 1. The fourth-order valence-electron chi connectivity index (χ4n) is 2.93. The maximum Gasteiger partial charge on any atom is 0.326 e. The van der Waals surface area contributed by atoms with E-state index in [0.29, 0.717) is 33.7 Å². The Morgan fingerprint density at radius 2 is 2.20 bits per heavy atom. The number of aromatic hydroxyl groups is 1. The minimum atomic E-state index is -0.519. The van der Waals surface area contributed by atoms with Gasteiger partial charge in [-0.2, -0.15) is 24.8 Å². The van der Waals surface area contributed by atoms with Crippen LogP contribution in [0.3, 0.4) is 0 Å². The molecule has 11 heteroatoms. The maximum absolute atomic E-state index is 11.4. The largest absolute Gasteiger partial charge is 0.493 e. The van der Waals surface area contributed by atoms with Crippen LogP contribution < -0.4 is 21.8 Å². The topological polar surface area (TPSA) is 160 Å². The second-order valence-corrected chi connectivity index (χ2v) is 6.85. The summed E-state index contributed by atoms with van der Waals surface area (Å²) in [6.07, 6.45) is 5.11. The van der Waals surface area contributed by atoms with Crippen LogP contribution in [0.1, 0.15) is 24.1 Å². The number of hydrogen-bond donors (Lipinski definition) is 4. The van der Waals surface area contributed by atoms with Crippen LogP contribution in [0, 0.1) is 11.3 Å². The van der Waals surface area contributed by atoms with E-state index < -0.39 is 5.69 Å². The molecule has 30 heavy (non-hydrogen) atoms. The number of anilines is 2. The molecular formula is C19H15N9O2. The zero-order valence-corrected chi connectivity index (χ0v) is 15.5. The lowest BCUT2D eigenvalue weighted by molar-refractivity contribution is 0.454. The monoisotopic (exact) mass is 401 g/mol. The first-order chi connectivity index (χ1) is 14.6. The molecule has 1 saturated carbocycles. The molecule has 1 aliphatic rings. The van der Waals surface area contributed by atoms with Crippen molar-refractivity contribution in [3.63, 3.8) is 0 Å². The Morgan fingerprint density at radius 1 is 1.33 bits per heavy atom. The van der Waals surface area contributed by atoms with Crippen molar-refractivity contribution < 1.29 is 5.11 Å². The number of aromatic amines is 2. The van der Waals surface area contributed by atoms with Crippen LogP contribution >= 0.6 is 0 Å². The molecule has 0 spiro atoms. The molecule has 0 amide bonds. The number of rotatable bonds is 4.